The first-order chi connectivity index (χ1) is 32.1. The molecular formula is C47H51F2N9O8. The number of carbonyl (C=O) groups is 5. The van der Waals surface area contributed by atoms with Gasteiger partial charge in [-0.25, -0.2) is 13.8 Å². The molecule has 1 unspecified atom stereocenters. The molecule has 3 aromatic carbocycles. The number of hydrogen-bond donors (Lipinski definition) is 3. The van der Waals surface area contributed by atoms with E-state index in [1.165, 1.54) is 24.4 Å². The van der Waals surface area contributed by atoms with Crippen LogP contribution in [0.1, 0.15) is 64.1 Å². The first-order valence-electron chi connectivity index (χ1n) is 22.1. The van der Waals surface area contributed by atoms with E-state index in [0.29, 0.717) is 97.9 Å². The molecule has 0 saturated carbocycles. The molecule has 5 heterocycles. The number of rotatable bonds is 17. The van der Waals surface area contributed by atoms with Gasteiger partial charge in [0.1, 0.15) is 17.7 Å². The summed E-state index contributed by atoms with van der Waals surface area (Å²) in [6.45, 7) is 4.90. The molecule has 5 amide bonds. The van der Waals surface area contributed by atoms with Crippen molar-refractivity contribution in [2.75, 3.05) is 77.7 Å². The van der Waals surface area contributed by atoms with Crippen molar-refractivity contribution in [2.45, 2.75) is 50.7 Å². The number of fused-ring (bicyclic) bond motifs is 2. The maximum atomic E-state index is 15.4. The van der Waals surface area contributed by atoms with Crippen LogP contribution in [-0.2, 0) is 35.1 Å². The van der Waals surface area contributed by atoms with Gasteiger partial charge in [-0.2, -0.15) is 0 Å². The Bertz CT molecular complexity index is 2540. The van der Waals surface area contributed by atoms with Gasteiger partial charge in [-0.1, -0.05) is 18.2 Å². The van der Waals surface area contributed by atoms with Crippen molar-refractivity contribution in [3.63, 3.8) is 0 Å². The molecule has 4 aliphatic heterocycles. The topological polar surface area (TPSA) is 211 Å². The zero-order chi connectivity index (χ0) is 46.2. The summed E-state index contributed by atoms with van der Waals surface area (Å²) in [5.41, 5.74) is 9.74. The zero-order valence-electron chi connectivity index (χ0n) is 36.3. The number of aliphatic imine (C=N–C) groups is 1. The number of hydrogen-bond acceptors (Lipinski definition) is 14. The molecule has 3 fully saturated rings. The lowest BCUT2D eigenvalue weighted by Crippen LogP contribution is -2.54. The van der Waals surface area contributed by atoms with Gasteiger partial charge in [-0.3, -0.25) is 49.1 Å². The first kappa shape index (κ1) is 46.0. The summed E-state index contributed by atoms with van der Waals surface area (Å²) in [5, 5.41) is 5.32. The molecule has 0 bridgehead atoms. The summed E-state index contributed by atoms with van der Waals surface area (Å²) in [6, 6.07) is 11.8. The van der Waals surface area contributed by atoms with Gasteiger partial charge < -0.3 is 30.2 Å². The Kier molecular flexibility index (Phi) is 14.8. The van der Waals surface area contributed by atoms with E-state index in [1.807, 2.05) is 4.90 Å². The fourth-order valence-electron chi connectivity index (χ4n) is 8.50. The number of halogens is 2. The largest absolute Gasteiger partial charge is 0.404 e. The normalized spacial score (nSPS) is 18.7. The summed E-state index contributed by atoms with van der Waals surface area (Å²) in [6.07, 6.45) is 6.29. The van der Waals surface area contributed by atoms with Gasteiger partial charge in [0.2, 0.25) is 17.7 Å². The standard InChI is InChI=1S/C47H51F2N9O8/c48-35-23-29(24-36(49)34(35)28-56-15-19-66-20-16-56)32-3-1-6-38-44(32)54-39(27-53-38)30(25-50)26-52-31-9-13-57(14-10-31)42(60)11-17-64-21-22-65-18-12-51-37-5-2-4-33-43(37)47(63)58(46(33)62)40-7-8-41(59)55-45(40)61/h1-6,23-27,31,40,51H,7-22,28,50H2,(H,55,59,61). The number of piperidine rings is 2. The van der Waals surface area contributed by atoms with Crippen molar-refractivity contribution in [3.05, 3.63) is 94.9 Å². The molecule has 0 radical (unpaired) electrons. The molecule has 0 spiro atoms. The Hall–Kier alpha value is -6.54. The quantitative estimate of drug-likeness (QED) is 0.0785. The summed E-state index contributed by atoms with van der Waals surface area (Å²) in [7, 11) is 0. The number of nitrogens with zero attached hydrogens (tertiary/aromatic N) is 6. The van der Waals surface area contributed by atoms with Crippen LogP contribution in [0.5, 0.6) is 0 Å². The third kappa shape index (κ3) is 10.4. The number of nitrogens with two attached hydrogens (primary N) is 1. The molecule has 1 atom stereocenters. The van der Waals surface area contributed by atoms with Crippen molar-refractivity contribution in [1.29, 1.82) is 0 Å². The van der Waals surface area contributed by atoms with E-state index in [0.717, 1.165) is 4.90 Å². The number of morpholine rings is 1. The minimum absolute atomic E-state index is 0.0153. The molecule has 3 saturated heterocycles. The summed E-state index contributed by atoms with van der Waals surface area (Å²) in [4.78, 5) is 82.1. The van der Waals surface area contributed by atoms with E-state index in [4.69, 9.17) is 29.9 Å². The lowest BCUT2D eigenvalue weighted by molar-refractivity contribution is -0.136. The highest BCUT2D eigenvalue weighted by molar-refractivity contribution is 6.25. The van der Waals surface area contributed by atoms with Crippen LogP contribution in [0.25, 0.3) is 27.7 Å². The van der Waals surface area contributed by atoms with Gasteiger partial charge in [0.05, 0.1) is 86.2 Å². The average Bonchev–Trinajstić information content (AvgIpc) is 3.58. The smallest absolute Gasteiger partial charge is 0.264 e. The Balaban J connectivity index is 0.746. The van der Waals surface area contributed by atoms with Crippen LogP contribution in [-0.4, -0.2) is 145 Å². The fraction of sp³-hybridized carbons (Fsp3) is 0.404. The highest BCUT2D eigenvalue weighted by atomic mass is 19.1. The molecule has 1 aromatic heterocycles. The van der Waals surface area contributed by atoms with E-state index in [9.17, 15) is 24.0 Å². The molecule has 4 aromatic rings. The number of imide groups is 2. The number of allylic oxidation sites excluding steroid dienone is 1. The lowest BCUT2D eigenvalue weighted by atomic mass is 10.0. The van der Waals surface area contributed by atoms with Gasteiger partial charge >= 0.3 is 0 Å². The SMILES string of the molecule is NC=C(C=NC1CCN(C(=O)CCOCCOCCNc2cccc3c2C(=O)N(C2CCC(=O)NC2=O)C3=O)CC1)c1cnc2cccc(-c3cc(F)c(CN4CCOCC4)c(F)c3)c2n1. The average molecular weight is 908 g/mol. The summed E-state index contributed by atoms with van der Waals surface area (Å²) in [5.74, 6) is -3.54. The molecule has 19 heteroatoms. The van der Waals surface area contributed by atoms with Gasteiger partial charge in [0.15, 0.2) is 0 Å². The Labute approximate surface area is 379 Å². The summed E-state index contributed by atoms with van der Waals surface area (Å²) >= 11 is 0. The zero-order valence-corrected chi connectivity index (χ0v) is 36.3. The van der Waals surface area contributed by atoms with E-state index in [1.54, 1.807) is 47.6 Å². The lowest BCUT2D eigenvalue weighted by Gasteiger charge is -2.30. The molecule has 346 valence electrons. The molecule has 17 nitrogen and oxygen atoms in total. The second kappa shape index (κ2) is 21.2. The van der Waals surface area contributed by atoms with Gasteiger partial charge in [-0.05, 0) is 55.2 Å². The van der Waals surface area contributed by atoms with E-state index >= 15 is 8.78 Å². The van der Waals surface area contributed by atoms with Crippen molar-refractivity contribution in [2.24, 2.45) is 10.7 Å². The third-order valence-electron chi connectivity index (χ3n) is 12.1. The number of amides is 5. The second-order valence-corrected chi connectivity index (χ2v) is 16.3. The Morgan fingerprint density at radius 3 is 2.39 bits per heavy atom. The van der Waals surface area contributed by atoms with Crippen molar-refractivity contribution < 1.29 is 47.0 Å². The van der Waals surface area contributed by atoms with Crippen LogP contribution in [0.3, 0.4) is 0 Å². The third-order valence-corrected chi connectivity index (χ3v) is 12.1. The maximum absolute atomic E-state index is 15.4. The number of para-hydroxylation sites is 1. The van der Waals surface area contributed by atoms with E-state index in [2.05, 4.69) is 15.6 Å². The van der Waals surface area contributed by atoms with Crippen LogP contribution in [0.2, 0.25) is 0 Å². The van der Waals surface area contributed by atoms with Crippen LogP contribution >= 0.6 is 0 Å². The molecular weight excluding hydrogens is 857 g/mol. The molecule has 8 rings (SSSR count). The first-order valence-corrected chi connectivity index (χ1v) is 22.1. The number of carbonyl (C=O) groups excluding carboxylic acids is 5. The predicted octanol–water partition coefficient (Wildman–Crippen LogP) is 3.71. The van der Waals surface area contributed by atoms with E-state index < -0.39 is 41.3 Å². The maximum Gasteiger partial charge on any atom is 0.264 e. The van der Waals surface area contributed by atoms with Crippen molar-refractivity contribution in [3.8, 4) is 11.1 Å². The number of aromatic nitrogens is 2. The van der Waals surface area contributed by atoms with Crippen LogP contribution < -0.4 is 16.4 Å². The summed E-state index contributed by atoms with van der Waals surface area (Å²) < 4.78 is 47.4. The van der Waals surface area contributed by atoms with Gasteiger partial charge in [0.25, 0.3) is 11.8 Å². The second-order valence-electron chi connectivity index (χ2n) is 16.3. The van der Waals surface area contributed by atoms with Crippen molar-refractivity contribution in [1.82, 2.24) is 30.0 Å². The fourth-order valence-corrected chi connectivity index (χ4v) is 8.50. The minimum Gasteiger partial charge on any atom is -0.404 e. The van der Waals surface area contributed by atoms with E-state index in [-0.39, 0.29) is 80.9 Å². The minimum atomic E-state index is -1.04. The van der Waals surface area contributed by atoms with Crippen molar-refractivity contribution >= 4 is 58.0 Å². The Morgan fingerprint density at radius 2 is 1.65 bits per heavy atom. The molecule has 0 aliphatic carbocycles. The van der Waals surface area contributed by atoms with Gasteiger partial charge in [0, 0.05) is 80.5 Å². The highest BCUT2D eigenvalue weighted by Gasteiger charge is 2.45. The Morgan fingerprint density at radius 1 is 0.924 bits per heavy atom. The number of ether oxygens (including phenoxy) is 3. The van der Waals surface area contributed by atoms with Gasteiger partial charge in [-0.15, -0.1) is 0 Å². The molecule has 66 heavy (non-hydrogen) atoms. The van der Waals surface area contributed by atoms with Crippen LogP contribution in [0.15, 0.2) is 65.9 Å². The number of benzene rings is 3. The van der Waals surface area contributed by atoms with Crippen LogP contribution in [0.4, 0.5) is 14.5 Å². The molecule has 4 N–H and O–H groups in total. The predicted molar refractivity (Wildman–Crippen MR) is 239 cm³/mol. The monoisotopic (exact) mass is 907 g/mol. The van der Waals surface area contributed by atoms with Crippen LogP contribution in [0, 0.1) is 11.6 Å². The number of anilines is 1. The number of nitrogens with one attached hydrogen (secondary N) is 2. The highest BCUT2D eigenvalue weighted by Crippen LogP contribution is 2.33. The number of likely N-dealkylation sites (tertiary alicyclic amines) is 1. The molecule has 4 aliphatic rings.